The van der Waals surface area contributed by atoms with Crippen LogP contribution in [0.15, 0.2) is 12.1 Å². The zero-order valence-corrected chi connectivity index (χ0v) is 12.2. The Labute approximate surface area is 124 Å². The van der Waals surface area contributed by atoms with E-state index in [1.807, 2.05) is 6.92 Å². The molecule has 2 aliphatic rings. The van der Waals surface area contributed by atoms with E-state index < -0.39 is 5.82 Å². The molecule has 1 aromatic rings. The summed E-state index contributed by atoms with van der Waals surface area (Å²) in [6.45, 7) is 13.5. The minimum Gasteiger partial charge on any atom is -0.372 e. The number of hydrogen-bond acceptors (Lipinski definition) is 3. The summed E-state index contributed by atoms with van der Waals surface area (Å²) in [6, 6.07) is 3.68. The largest absolute Gasteiger partial charge is 0.372 e. The van der Waals surface area contributed by atoms with Crippen LogP contribution in [0.3, 0.4) is 0 Å². The highest BCUT2D eigenvalue weighted by atomic mass is 19.1. The minimum absolute atomic E-state index is 0.0748. The summed E-state index contributed by atoms with van der Waals surface area (Å²) in [6.07, 6.45) is 0.938. The van der Waals surface area contributed by atoms with Crippen molar-refractivity contribution in [2.75, 3.05) is 32.8 Å². The van der Waals surface area contributed by atoms with Crippen molar-refractivity contribution < 1.29 is 9.13 Å². The molecule has 1 aromatic carbocycles. The van der Waals surface area contributed by atoms with Crippen molar-refractivity contribution in [3.63, 3.8) is 0 Å². The fourth-order valence-corrected chi connectivity index (χ4v) is 3.30. The highest BCUT2D eigenvalue weighted by molar-refractivity contribution is 5.56. The van der Waals surface area contributed by atoms with Gasteiger partial charge in [0.1, 0.15) is 5.82 Å². The first kappa shape index (κ1) is 14.5. The summed E-state index contributed by atoms with van der Waals surface area (Å²) in [5.74, 6) is -0.445. The molecule has 0 spiro atoms. The van der Waals surface area contributed by atoms with E-state index in [0.29, 0.717) is 18.2 Å². The molecular weight excluding hydrogens is 269 g/mol. The van der Waals surface area contributed by atoms with Gasteiger partial charge in [0.2, 0.25) is 5.69 Å². The lowest BCUT2D eigenvalue weighted by atomic mass is 10.0. The molecule has 3 rings (SSSR count). The number of benzene rings is 1. The average molecular weight is 289 g/mol. The molecule has 2 saturated heterocycles. The Morgan fingerprint density at radius 2 is 2.33 bits per heavy atom. The van der Waals surface area contributed by atoms with E-state index in [4.69, 9.17) is 11.3 Å². The molecule has 112 valence electrons. The quantitative estimate of drug-likeness (QED) is 0.805. The number of nitrogens with one attached hydrogen (secondary N) is 1. The lowest BCUT2D eigenvalue weighted by Crippen LogP contribution is -2.51. The molecule has 0 saturated carbocycles. The third-order valence-electron chi connectivity index (χ3n) is 4.52. The fraction of sp³-hybridized carbons (Fsp3) is 0.562. The molecule has 2 fully saturated rings. The first-order valence-corrected chi connectivity index (χ1v) is 7.43. The Bertz CT molecular complexity index is 569. The third kappa shape index (κ3) is 2.80. The third-order valence-corrected chi connectivity index (χ3v) is 4.52. The molecule has 4 nitrogen and oxygen atoms in total. The second kappa shape index (κ2) is 6.10. The van der Waals surface area contributed by atoms with Crippen molar-refractivity contribution >= 4 is 5.69 Å². The number of rotatable bonds is 1. The van der Waals surface area contributed by atoms with Gasteiger partial charge in [-0.1, -0.05) is 6.07 Å². The van der Waals surface area contributed by atoms with Crippen molar-refractivity contribution in [2.24, 2.45) is 0 Å². The Hall–Kier alpha value is -1.48. The van der Waals surface area contributed by atoms with E-state index in [-0.39, 0.29) is 11.8 Å². The number of nitrogens with zero attached hydrogens (tertiary/aromatic N) is 2. The lowest BCUT2D eigenvalue weighted by Gasteiger charge is -2.35. The zero-order valence-electron chi connectivity index (χ0n) is 12.2. The number of hydrogen-bond donors (Lipinski definition) is 1. The van der Waals surface area contributed by atoms with Crippen LogP contribution in [0.2, 0.25) is 0 Å². The summed E-state index contributed by atoms with van der Waals surface area (Å²) in [7, 11) is 0. The van der Waals surface area contributed by atoms with E-state index in [2.05, 4.69) is 15.1 Å². The number of halogens is 1. The Morgan fingerprint density at radius 1 is 1.48 bits per heavy atom. The van der Waals surface area contributed by atoms with Crippen LogP contribution < -0.4 is 5.32 Å². The SMILES string of the molecule is [C-]#[N+]c1c(F)ccc([C@@H]2CN3CCNC[C@H]3CCO2)c1C. The predicted octanol–water partition coefficient (Wildman–Crippen LogP) is 2.42. The molecule has 0 amide bonds. The predicted molar refractivity (Wildman–Crippen MR) is 78.9 cm³/mol. The Balaban J connectivity index is 1.88. The molecule has 0 unspecified atom stereocenters. The second-order valence-corrected chi connectivity index (χ2v) is 5.72. The molecule has 21 heavy (non-hydrogen) atoms. The molecule has 0 aromatic heterocycles. The van der Waals surface area contributed by atoms with Crippen molar-refractivity contribution in [1.29, 1.82) is 0 Å². The molecule has 2 atom stereocenters. The van der Waals surface area contributed by atoms with Gasteiger partial charge < -0.3 is 10.1 Å². The second-order valence-electron chi connectivity index (χ2n) is 5.72. The molecule has 1 N–H and O–H groups in total. The van der Waals surface area contributed by atoms with Crippen LogP contribution in [0.1, 0.15) is 23.7 Å². The maximum absolute atomic E-state index is 13.7. The minimum atomic E-state index is -0.445. The number of piperazine rings is 1. The normalized spacial score (nSPS) is 26.7. The van der Waals surface area contributed by atoms with Gasteiger partial charge >= 0.3 is 0 Å². The highest BCUT2D eigenvalue weighted by Gasteiger charge is 2.30. The number of ether oxygens (including phenoxy) is 1. The lowest BCUT2D eigenvalue weighted by molar-refractivity contribution is 0.0511. The Kier molecular flexibility index (Phi) is 4.20. The van der Waals surface area contributed by atoms with Gasteiger partial charge in [-0.15, -0.1) is 0 Å². The van der Waals surface area contributed by atoms with Crippen molar-refractivity contribution in [1.82, 2.24) is 10.2 Å². The van der Waals surface area contributed by atoms with Crippen molar-refractivity contribution in [3.05, 3.63) is 40.5 Å². The van der Waals surface area contributed by atoms with Gasteiger partial charge in [0.05, 0.1) is 12.7 Å². The van der Waals surface area contributed by atoms with Crippen molar-refractivity contribution in [3.8, 4) is 0 Å². The van der Waals surface area contributed by atoms with Crippen molar-refractivity contribution in [2.45, 2.75) is 25.5 Å². The summed E-state index contributed by atoms with van der Waals surface area (Å²) in [4.78, 5) is 5.78. The van der Waals surface area contributed by atoms with Gasteiger partial charge in [-0.2, -0.15) is 0 Å². The summed E-state index contributed by atoms with van der Waals surface area (Å²) in [5, 5.41) is 3.42. The van der Waals surface area contributed by atoms with Crippen LogP contribution in [0.4, 0.5) is 10.1 Å². The van der Waals surface area contributed by atoms with Gasteiger partial charge in [0, 0.05) is 38.8 Å². The topological polar surface area (TPSA) is 28.9 Å². The molecule has 0 bridgehead atoms. The van der Waals surface area contributed by atoms with Crippen LogP contribution in [-0.4, -0.2) is 43.7 Å². The van der Waals surface area contributed by atoms with Gasteiger partial charge in [-0.25, -0.2) is 9.24 Å². The maximum Gasteiger partial charge on any atom is 0.225 e. The highest BCUT2D eigenvalue weighted by Crippen LogP contribution is 2.33. The molecule has 0 aliphatic carbocycles. The van der Waals surface area contributed by atoms with E-state index in [9.17, 15) is 4.39 Å². The smallest absolute Gasteiger partial charge is 0.225 e. The first-order valence-electron chi connectivity index (χ1n) is 7.43. The van der Waals surface area contributed by atoms with Crippen LogP contribution in [0, 0.1) is 19.3 Å². The maximum atomic E-state index is 13.7. The fourth-order valence-electron chi connectivity index (χ4n) is 3.30. The zero-order chi connectivity index (χ0) is 14.8. The van der Waals surface area contributed by atoms with Gasteiger partial charge in [0.15, 0.2) is 0 Å². The van der Waals surface area contributed by atoms with Gasteiger partial charge in [-0.05, 0) is 30.5 Å². The summed E-state index contributed by atoms with van der Waals surface area (Å²) < 4.78 is 19.7. The summed E-state index contributed by atoms with van der Waals surface area (Å²) in [5.41, 5.74) is 1.78. The Morgan fingerprint density at radius 3 is 3.14 bits per heavy atom. The van der Waals surface area contributed by atoms with E-state index >= 15 is 0 Å². The molecule has 2 heterocycles. The average Bonchev–Trinajstić information content (AvgIpc) is 2.70. The van der Waals surface area contributed by atoms with Crippen LogP contribution in [0.5, 0.6) is 0 Å². The van der Waals surface area contributed by atoms with E-state index in [0.717, 1.165) is 38.2 Å². The standard InChI is InChI=1S/C16H20FN3O/c1-11-13(3-4-14(17)16(11)18-2)15-10-20-7-6-19-9-12(20)5-8-21-15/h3-4,12,15,19H,5-10H2,1H3/t12-,15+/m1/s1. The van der Waals surface area contributed by atoms with Gasteiger partial charge in [-0.3, -0.25) is 4.90 Å². The summed E-state index contributed by atoms with van der Waals surface area (Å²) >= 11 is 0. The molecule has 2 aliphatic heterocycles. The van der Waals surface area contributed by atoms with Gasteiger partial charge in [0.25, 0.3) is 0 Å². The molecular formula is C16H20FN3O. The molecule has 0 radical (unpaired) electrons. The van der Waals surface area contributed by atoms with Crippen LogP contribution in [0.25, 0.3) is 4.85 Å². The monoisotopic (exact) mass is 289 g/mol. The van der Waals surface area contributed by atoms with E-state index in [1.54, 1.807) is 6.07 Å². The first-order chi connectivity index (χ1) is 10.2. The van der Waals surface area contributed by atoms with Crippen LogP contribution in [-0.2, 0) is 4.74 Å². The molecule has 5 heteroatoms. The number of fused-ring (bicyclic) bond motifs is 1. The van der Waals surface area contributed by atoms with E-state index in [1.165, 1.54) is 6.07 Å². The van der Waals surface area contributed by atoms with Crippen LogP contribution >= 0.6 is 0 Å².